The van der Waals surface area contributed by atoms with Crippen LogP contribution in [0.4, 0.5) is 10.5 Å². The molecule has 0 unspecified atom stereocenters. The fourth-order valence-corrected chi connectivity index (χ4v) is 6.01. The molecule has 64 heavy (non-hydrogen) atoms. The van der Waals surface area contributed by atoms with Crippen LogP contribution in [0.2, 0.25) is 0 Å². The highest BCUT2D eigenvalue weighted by molar-refractivity contribution is 7.97. The molecule has 6 amide bonds. The molecule has 368 valence electrons. The number of amides is 6. The second-order valence-electron chi connectivity index (χ2n) is 15.3. The molecule has 20 heteroatoms. The summed E-state index contributed by atoms with van der Waals surface area (Å²) < 4.78 is 44.0. The first-order valence-electron chi connectivity index (χ1n) is 22.3. The quantitative estimate of drug-likeness (QED) is 0.0517. The Morgan fingerprint density at radius 3 is 1.50 bits per heavy atom. The topological polar surface area (TPSA) is 245 Å². The highest BCUT2D eigenvalue weighted by Gasteiger charge is 2.29. The van der Waals surface area contributed by atoms with Crippen molar-refractivity contribution >= 4 is 47.1 Å². The molecule has 0 bridgehead atoms. The van der Waals surface area contributed by atoms with Gasteiger partial charge in [-0.25, -0.2) is 4.79 Å². The molecule has 0 saturated carbocycles. The van der Waals surface area contributed by atoms with Gasteiger partial charge in [-0.1, -0.05) is 39.8 Å². The summed E-state index contributed by atoms with van der Waals surface area (Å²) in [6, 6.07) is 4.96. The van der Waals surface area contributed by atoms with Crippen molar-refractivity contribution in [3.8, 4) is 0 Å². The third-order valence-electron chi connectivity index (χ3n) is 8.99. The van der Waals surface area contributed by atoms with Crippen molar-refractivity contribution in [2.24, 2.45) is 17.6 Å². The fraction of sp³-hybridized carbons (Fsp3) is 0.750. The van der Waals surface area contributed by atoms with E-state index in [1.165, 1.54) is 0 Å². The zero-order chi connectivity index (χ0) is 47.0. The Morgan fingerprint density at radius 2 is 1.05 bits per heavy atom. The first-order chi connectivity index (χ1) is 30.9. The highest BCUT2D eigenvalue weighted by atomic mass is 32.2. The van der Waals surface area contributed by atoms with E-state index in [9.17, 15) is 24.0 Å². The number of thioether (sulfide) groups is 1. The summed E-state index contributed by atoms with van der Waals surface area (Å²) in [7, 11) is 0. The van der Waals surface area contributed by atoms with Crippen LogP contribution in [0.15, 0.2) is 24.3 Å². The number of rotatable bonds is 42. The molecule has 0 aliphatic carbocycles. The van der Waals surface area contributed by atoms with Gasteiger partial charge in [-0.2, -0.15) is 11.8 Å². The Morgan fingerprint density at radius 1 is 0.562 bits per heavy atom. The molecule has 0 aliphatic rings. The molecule has 0 saturated heterocycles. The van der Waals surface area contributed by atoms with Crippen LogP contribution in [0.1, 0.15) is 65.4 Å². The third-order valence-corrected chi connectivity index (χ3v) is 9.62. The van der Waals surface area contributed by atoms with Gasteiger partial charge >= 0.3 is 6.03 Å². The van der Waals surface area contributed by atoms with Gasteiger partial charge in [0.1, 0.15) is 12.1 Å². The first-order valence-corrected chi connectivity index (χ1v) is 23.7. The zero-order valence-electron chi connectivity index (χ0n) is 38.9. The summed E-state index contributed by atoms with van der Waals surface area (Å²) in [6.45, 7) is 15.0. The van der Waals surface area contributed by atoms with Crippen LogP contribution >= 0.6 is 11.8 Å². The molecule has 0 spiro atoms. The average molecular weight is 931 g/mol. The Balaban J connectivity index is 2.07. The van der Waals surface area contributed by atoms with Gasteiger partial charge in [-0.15, -0.1) is 0 Å². The van der Waals surface area contributed by atoms with Gasteiger partial charge in [0, 0.05) is 37.4 Å². The molecule has 0 fully saturated rings. The SMILES string of the molecule is CSCc1ccc(NC(=O)[C@H](CCCNC(N)=O)NC(=O)[C@@H](NC(=O)CCOCCOCCOCCOCCOCCOCCOCCOCCNC(=O)CCC(C)C)C(C)C)cc1. The number of carbonyl (C=O) groups is 5. The van der Waals surface area contributed by atoms with E-state index in [0.29, 0.717) is 123 Å². The van der Waals surface area contributed by atoms with Gasteiger partial charge < -0.3 is 70.2 Å². The predicted molar refractivity (Wildman–Crippen MR) is 246 cm³/mol. The molecular formula is C44H78N6O13S. The lowest BCUT2D eigenvalue weighted by atomic mass is 10.0. The number of primary amides is 1. The summed E-state index contributed by atoms with van der Waals surface area (Å²) >= 11 is 1.69. The number of ether oxygens (including phenoxy) is 8. The first kappa shape index (κ1) is 58.4. The van der Waals surface area contributed by atoms with Crippen molar-refractivity contribution in [2.45, 2.75) is 77.6 Å². The van der Waals surface area contributed by atoms with Crippen LogP contribution in [0, 0.1) is 11.8 Å². The smallest absolute Gasteiger partial charge is 0.312 e. The molecule has 2 atom stereocenters. The molecule has 1 aromatic rings. The maximum Gasteiger partial charge on any atom is 0.312 e. The normalized spacial score (nSPS) is 12.2. The second-order valence-corrected chi connectivity index (χ2v) is 16.2. The lowest BCUT2D eigenvalue weighted by molar-refractivity contribution is -0.132. The summed E-state index contributed by atoms with van der Waals surface area (Å²) in [5.74, 6) is -0.134. The number of hydrogen-bond acceptors (Lipinski definition) is 14. The number of nitrogens with one attached hydrogen (secondary N) is 5. The number of urea groups is 1. The van der Waals surface area contributed by atoms with Gasteiger partial charge in [-0.05, 0) is 55.1 Å². The van der Waals surface area contributed by atoms with Crippen molar-refractivity contribution in [1.82, 2.24) is 21.3 Å². The molecule has 19 nitrogen and oxygen atoms in total. The van der Waals surface area contributed by atoms with Crippen molar-refractivity contribution in [3.05, 3.63) is 29.8 Å². The number of nitrogens with two attached hydrogens (primary N) is 1. The van der Waals surface area contributed by atoms with E-state index in [0.717, 1.165) is 17.7 Å². The van der Waals surface area contributed by atoms with Crippen LogP contribution in [0.5, 0.6) is 0 Å². The van der Waals surface area contributed by atoms with Crippen molar-refractivity contribution in [1.29, 1.82) is 0 Å². The Kier molecular flexibility index (Phi) is 36.3. The number of carbonyl (C=O) groups excluding carboxylic acids is 5. The lowest BCUT2D eigenvalue weighted by Crippen LogP contribution is -2.54. The van der Waals surface area contributed by atoms with Gasteiger partial charge in [-0.3, -0.25) is 19.2 Å². The predicted octanol–water partition coefficient (Wildman–Crippen LogP) is 2.64. The van der Waals surface area contributed by atoms with Gasteiger partial charge in [0.2, 0.25) is 23.6 Å². The van der Waals surface area contributed by atoms with E-state index >= 15 is 0 Å². The van der Waals surface area contributed by atoms with E-state index in [4.69, 9.17) is 43.6 Å². The number of benzene rings is 1. The summed E-state index contributed by atoms with van der Waals surface area (Å²) in [5, 5.41) is 13.7. The van der Waals surface area contributed by atoms with Crippen molar-refractivity contribution < 1.29 is 61.9 Å². The monoisotopic (exact) mass is 931 g/mol. The Labute approximate surface area is 384 Å². The second kappa shape index (κ2) is 39.7. The van der Waals surface area contributed by atoms with Crippen LogP contribution < -0.4 is 32.3 Å². The number of hydrogen-bond donors (Lipinski definition) is 6. The standard InChI is InChI=1S/C44H78N6O13S/c1-34(2)8-13-39(51)46-16-18-57-20-22-59-24-26-61-28-30-63-32-31-62-29-27-60-25-23-58-21-19-56-17-14-40(52)50-41(35(3)4)43(54)49-38(7-6-15-47-44(45)55)42(53)48-37-11-9-36(10-12-37)33-64-5/h9-12,34-35,38,41H,6-8,13-33H2,1-5H3,(H,46,51)(H,48,53)(H,49,54)(H,50,52)(H3,45,47,55)/t38-,41-/m0/s1. The molecule has 0 aromatic heterocycles. The summed E-state index contributed by atoms with van der Waals surface area (Å²) in [6.07, 6.45) is 4.09. The fourth-order valence-electron chi connectivity index (χ4n) is 5.49. The number of anilines is 1. The maximum atomic E-state index is 13.4. The van der Waals surface area contributed by atoms with E-state index in [1.54, 1.807) is 37.7 Å². The minimum Gasteiger partial charge on any atom is -0.379 e. The third kappa shape index (κ3) is 33.8. The highest BCUT2D eigenvalue weighted by Crippen LogP contribution is 2.15. The van der Waals surface area contributed by atoms with Gasteiger partial charge in [0.05, 0.1) is 106 Å². The van der Waals surface area contributed by atoms with Crippen molar-refractivity contribution in [2.75, 3.05) is 130 Å². The zero-order valence-corrected chi connectivity index (χ0v) is 39.7. The maximum absolute atomic E-state index is 13.4. The van der Waals surface area contributed by atoms with Gasteiger partial charge in [0.25, 0.3) is 0 Å². The molecule has 0 radical (unpaired) electrons. The van der Waals surface area contributed by atoms with Crippen molar-refractivity contribution in [3.63, 3.8) is 0 Å². The molecular weight excluding hydrogens is 853 g/mol. The van der Waals surface area contributed by atoms with Crippen LogP contribution in [-0.4, -0.2) is 167 Å². The van der Waals surface area contributed by atoms with E-state index < -0.39 is 29.9 Å². The largest absolute Gasteiger partial charge is 0.379 e. The van der Waals surface area contributed by atoms with Crippen LogP contribution in [0.3, 0.4) is 0 Å². The average Bonchev–Trinajstić information content (AvgIpc) is 3.26. The van der Waals surface area contributed by atoms with E-state index in [1.807, 2.05) is 18.4 Å². The minimum absolute atomic E-state index is 0.0323. The van der Waals surface area contributed by atoms with E-state index in [2.05, 4.69) is 40.4 Å². The lowest BCUT2D eigenvalue weighted by Gasteiger charge is -2.25. The Hall–Kier alpha value is -3.60. The molecule has 1 rings (SSSR count). The molecule has 0 aliphatic heterocycles. The molecule has 1 aromatic carbocycles. The molecule has 0 heterocycles. The Bertz CT molecular complexity index is 1380. The molecule has 7 N–H and O–H groups in total. The summed E-state index contributed by atoms with van der Waals surface area (Å²) in [5.41, 5.74) is 6.87. The minimum atomic E-state index is -0.925. The van der Waals surface area contributed by atoms with E-state index in [-0.39, 0.29) is 50.3 Å². The summed E-state index contributed by atoms with van der Waals surface area (Å²) in [4.78, 5) is 62.2. The van der Waals surface area contributed by atoms with Gasteiger partial charge in [0.15, 0.2) is 0 Å². The van der Waals surface area contributed by atoms with Crippen LogP contribution in [-0.2, 0) is 62.8 Å². The van der Waals surface area contributed by atoms with Crippen LogP contribution in [0.25, 0.3) is 0 Å².